The number of rotatable bonds is 10. The second-order valence-corrected chi connectivity index (χ2v) is 9.16. The molecule has 0 atom stereocenters. The highest BCUT2D eigenvalue weighted by atomic mass is 32.2. The van der Waals surface area contributed by atoms with Crippen molar-refractivity contribution < 1.29 is 27.1 Å². The van der Waals surface area contributed by atoms with Gasteiger partial charge in [-0.05, 0) is 49.7 Å². The molecular formula is C23H27N3O6S. The molecule has 1 fully saturated rings. The predicted octanol–water partition coefficient (Wildman–Crippen LogP) is 2.42. The van der Waals surface area contributed by atoms with Crippen molar-refractivity contribution in [1.82, 2.24) is 9.62 Å². The summed E-state index contributed by atoms with van der Waals surface area (Å²) in [5, 5.41) is 12.0. The molecule has 1 aromatic carbocycles. The average Bonchev–Trinajstić information content (AvgIpc) is 3.31. The van der Waals surface area contributed by atoms with Gasteiger partial charge in [-0.3, -0.25) is 4.79 Å². The fourth-order valence-corrected chi connectivity index (χ4v) is 4.63. The molecule has 0 saturated carbocycles. The number of carbonyl (C=O) groups excluding carboxylic acids is 1. The van der Waals surface area contributed by atoms with Gasteiger partial charge in [0, 0.05) is 44.5 Å². The van der Waals surface area contributed by atoms with E-state index in [1.54, 1.807) is 24.3 Å². The Morgan fingerprint density at radius 2 is 1.94 bits per heavy atom. The molecule has 3 rings (SSSR count). The summed E-state index contributed by atoms with van der Waals surface area (Å²) in [4.78, 5) is 12.4. The van der Waals surface area contributed by atoms with Crippen molar-refractivity contribution >= 4 is 22.0 Å². The molecule has 176 valence electrons. The molecule has 2 heterocycles. The first-order chi connectivity index (χ1) is 16.0. The third-order valence-corrected chi connectivity index (χ3v) is 6.89. The van der Waals surface area contributed by atoms with E-state index in [0.29, 0.717) is 69.6 Å². The van der Waals surface area contributed by atoms with Crippen LogP contribution in [0.1, 0.15) is 19.1 Å². The van der Waals surface area contributed by atoms with E-state index in [1.807, 2.05) is 13.0 Å². The van der Waals surface area contributed by atoms with E-state index < -0.39 is 15.9 Å². The Morgan fingerprint density at radius 3 is 2.61 bits per heavy atom. The Hall–Kier alpha value is -2.97. The van der Waals surface area contributed by atoms with Crippen molar-refractivity contribution in [3.8, 4) is 17.4 Å². The van der Waals surface area contributed by atoms with Gasteiger partial charge in [0.05, 0.1) is 18.1 Å². The van der Waals surface area contributed by atoms with Crippen LogP contribution in [0.3, 0.4) is 0 Å². The highest BCUT2D eigenvalue weighted by Gasteiger charge is 2.26. The number of furan rings is 1. The predicted molar refractivity (Wildman–Crippen MR) is 121 cm³/mol. The molecule has 33 heavy (non-hydrogen) atoms. The van der Waals surface area contributed by atoms with Gasteiger partial charge in [0.2, 0.25) is 10.0 Å². The minimum absolute atomic E-state index is 0.0701. The zero-order valence-electron chi connectivity index (χ0n) is 18.5. The molecule has 0 aliphatic carbocycles. The molecule has 1 aromatic heterocycles. The Balaban J connectivity index is 1.66. The Labute approximate surface area is 193 Å². The Bertz CT molecular complexity index is 1110. The van der Waals surface area contributed by atoms with Gasteiger partial charge < -0.3 is 19.2 Å². The number of nitrogens with zero attached hydrogens (tertiary/aromatic N) is 2. The maximum atomic E-state index is 12.7. The summed E-state index contributed by atoms with van der Waals surface area (Å²) >= 11 is 0. The molecule has 1 aliphatic rings. The van der Waals surface area contributed by atoms with Crippen LogP contribution in [0.25, 0.3) is 17.4 Å². The lowest BCUT2D eigenvalue weighted by Crippen LogP contribution is -2.40. The molecule has 1 amide bonds. The molecular weight excluding hydrogens is 446 g/mol. The van der Waals surface area contributed by atoms with Crippen molar-refractivity contribution in [3.05, 3.63) is 47.7 Å². The molecule has 9 nitrogen and oxygen atoms in total. The number of benzene rings is 1. The molecule has 1 aliphatic heterocycles. The number of hydrogen-bond donors (Lipinski definition) is 1. The van der Waals surface area contributed by atoms with E-state index in [2.05, 4.69) is 5.32 Å². The van der Waals surface area contributed by atoms with Gasteiger partial charge in [-0.25, -0.2) is 8.42 Å². The number of amides is 1. The zero-order valence-corrected chi connectivity index (χ0v) is 19.3. The lowest BCUT2D eigenvalue weighted by molar-refractivity contribution is -0.117. The minimum atomic E-state index is -3.57. The summed E-state index contributed by atoms with van der Waals surface area (Å²) in [6.45, 7) is 4.89. The van der Waals surface area contributed by atoms with Crippen molar-refractivity contribution in [2.24, 2.45) is 0 Å². The fraction of sp³-hybridized carbons (Fsp3) is 0.391. The van der Waals surface area contributed by atoms with Gasteiger partial charge >= 0.3 is 0 Å². The molecule has 0 radical (unpaired) electrons. The smallest absolute Gasteiger partial charge is 0.262 e. The standard InChI is InChI=1S/C23H27N3O6S/c1-2-30-13-3-10-25-23(27)19(17-24)16-20-6-9-22(32-20)18-4-7-21(8-5-18)33(28,29)26-11-14-31-15-12-26/h4-9,16H,2-3,10-15H2,1H3,(H,25,27). The van der Waals surface area contributed by atoms with Crippen molar-refractivity contribution in [2.75, 3.05) is 46.1 Å². The summed E-state index contributed by atoms with van der Waals surface area (Å²) in [7, 11) is -3.57. The van der Waals surface area contributed by atoms with Crippen LogP contribution >= 0.6 is 0 Å². The van der Waals surface area contributed by atoms with E-state index >= 15 is 0 Å². The van der Waals surface area contributed by atoms with E-state index in [-0.39, 0.29) is 10.5 Å². The van der Waals surface area contributed by atoms with Crippen LogP contribution in [0, 0.1) is 11.3 Å². The second-order valence-electron chi connectivity index (χ2n) is 7.22. The second kappa shape index (κ2) is 11.8. The van der Waals surface area contributed by atoms with Gasteiger partial charge in [0.25, 0.3) is 5.91 Å². The molecule has 0 bridgehead atoms. The summed E-state index contributed by atoms with van der Waals surface area (Å²) in [5.74, 6) is 0.353. The number of sulfonamides is 1. The quantitative estimate of drug-likeness (QED) is 0.319. The number of ether oxygens (including phenoxy) is 2. The van der Waals surface area contributed by atoms with Gasteiger partial charge in [-0.2, -0.15) is 9.57 Å². The molecule has 1 N–H and O–H groups in total. The van der Waals surface area contributed by atoms with Crippen LogP contribution in [-0.4, -0.2) is 64.7 Å². The molecule has 1 saturated heterocycles. The normalized spacial score (nSPS) is 15.2. The Kier molecular flexibility index (Phi) is 8.79. The fourth-order valence-electron chi connectivity index (χ4n) is 3.22. The number of carbonyl (C=O) groups is 1. The minimum Gasteiger partial charge on any atom is -0.457 e. The van der Waals surface area contributed by atoms with Gasteiger partial charge in [0.15, 0.2) is 0 Å². The summed E-state index contributed by atoms with van der Waals surface area (Å²) < 4.78 is 43.1. The van der Waals surface area contributed by atoms with E-state index in [9.17, 15) is 18.5 Å². The van der Waals surface area contributed by atoms with Gasteiger partial charge in [-0.1, -0.05) is 0 Å². The van der Waals surface area contributed by atoms with Crippen LogP contribution in [0.15, 0.2) is 51.3 Å². The number of nitrogens with one attached hydrogen (secondary N) is 1. The number of nitriles is 1. The van der Waals surface area contributed by atoms with E-state index in [4.69, 9.17) is 13.9 Å². The van der Waals surface area contributed by atoms with E-state index in [1.165, 1.54) is 22.5 Å². The topological polar surface area (TPSA) is 122 Å². The highest BCUT2D eigenvalue weighted by molar-refractivity contribution is 7.89. The molecule has 0 unspecified atom stereocenters. The lowest BCUT2D eigenvalue weighted by Gasteiger charge is -2.26. The van der Waals surface area contributed by atoms with Crippen molar-refractivity contribution in [1.29, 1.82) is 5.26 Å². The summed E-state index contributed by atoms with van der Waals surface area (Å²) in [5.41, 5.74) is 0.605. The van der Waals surface area contributed by atoms with Crippen molar-refractivity contribution in [3.63, 3.8) is 0 Å². The lowest BCUT2D eigenvalue weighted by atomic mass is 10.2. The van der Waals surface area contributed by atoms with Crippen LogP contribution in [0.5, 0.6) is 0 Å². The monoisotopic (exact) mass is 473 g/mol. The first-order valence-corrected chi connectivity index (χ1v) is 12.2. The molecule has 0 spiro atoms. The summed E-state index contributed by atoms with van der Waals surface area (Å²) in [6.07, 6.45) is 2.03. The average molecular weight is 474 g/mol. The van der Waals surface area contributed by atoms with Gasteiger partial charge in [0.1, 0.15) is 23.2 Å². The zero-order chi connectivity index (χ0) is 23.7. The van der Waals surface area contributed by atoms with Crippen LogP contribution in [0.4, 0.5) is 0 Å². The van der Waals surface area contributed by atoms with Gasteiger partial charge in [-0.15, -0.1) is 0 Å². The SMILES string of the molecule is CCOCCCNC(=O)C(C#N)=Cc1ccc(-c2ccc(S(=O)(=O)N3CCOCC3)cc2)o1. The highest BCUT2D eigenvalue weighted by Crippen LogP contribution is 2.26. The number of hydrogen-bond acceptors (Lipinski definition) is 7. The third kappa shape index (κ3) is 6.52. The van der Waals surface area contributed by atoms with E-state index in [0.717, 1.165) is 0 Å². The largest absolute Gasteiger partial charge is 0.457 e. The van der Waals surface area contributed by atoms with Crippen LogP contribution in [-0.2, 0) is 24.3 Å². The molecule has 10 heteroatoms. The summed E-state index contributed by atoms with van der Waals surface area (Å²) in [6, 6.07) is 11.6. The number of morpholine rings is 1. The van der Waals surface area contributed by atoms with Crippen LogP contribution < -0.4 is 5.32 Å². The van der Waals surface area contributed by atoms with Crippen molar-refractivity contribution in [2.45, 2.75) is 18.2 Å². The van der Waals surface area contributed by atoms with Crippen LogP contribution in [0.2, 0.25) is 0 Å². The third-order valence-electron chi connectivity index (χ3n) is 4.98. The molecule has 2 aromatic rings. The first-order valence-electron chi connectivity index (χ1n) is 10.7. The maximum Gasteiger partial charge on any atom is 0.262 e. The first kappa shape index (κ1) is 24.7. The maximum absolute atomic E-state index is 12.7. The Morgan fingerprint density at radius 1 is 1.21 bits per heavy atom.